The Bertz CT molecular complexity index is 429. The van der Waals surface area contributed by atoms with E-state index in [-0.39, 0.29) is 15.9 Å². The summed E-state index contributed by atoms with van der Waals surface area (Å²) in [5.74, 6) is -4.19. The molecule has 1 rings (SSSR count). The zero-order valence-electron chi connectivity index (χ0n) is 8.38. The number of rotatable bonds is 4. The van der Waals surface area contributed by atoms with Gasteiger partial charge in [-0.15, -0.1) is 0 Å². The number of nitrogens with zero attached hydrogens (tertiary/aromatic N) is 1. The number of pyridine rings is 1. The van der Waals surface area contributed by atoms with Gasteiger partial charge in [0, 0.05) is 0 Å². The topological polar surface area (TPSA) is 62.2 Å². The number of aliphatic hydroxyl groups is 1. The van der Waals surface area contributed by atoms with Crippen LogP contribution in [0.15, 0.2) is 12.1 Å². The highest BCUT2D eigenvalue weighted by Crippen LogP contribution is 2.17. The number of aliphatic hydroxyl groups excluding tert-OH is 1. The molecule has 0 fully saturated rings. The molecule has 0 saturated heterocycles. The van der Waals surface area contributed by atoms with Crippen LogP contribution in [0.1, 0.15) is 10.4 Å². The number of hydrogen-bond acceptors (Lipinski definition) is 3. The zero-order valence-corrected chi connectivity index (χ0v) is 9.90. The molecule has 0 unspecified atom stereocenters. The number of carbonyl (C=O) groups is 1. The van der Waals surface area contributed by atoms with Crippen LogP contribution in [-0.2, 0) is 0 Å². The van der Waals surface area contributed by atoms with Gasteiger partial charge in [0.05, 0.1) is 12.1 Å². The van der Waals surface area contributed by atoms with Gasteiger partial charge in [0.25, 0.3) is 11.8 Å². The Morgan fingerprint density at radius 3 is 2.65 bits per heavy atom. The third kappa shape index (κ3) is 4.07. The number of alkyl halides is 2. The van der Waals surface area contributed by atoms with Crippen LogP contribution in [0.4, 0.5) is 8.78 Å². The predicted octanol–water partition coefficient (Wildman–Crippen LogP) is 1.75. The van der Waals surface area contributed by atoms with Crippen molar-refractivity contribution in [3.05, 3.63) is 28.0 Å². The molecule has 1 aromatic heterocycles. The number of amides is 1. The van der Waals surface area contributed by atoms with Crippen molar-refractivity contribution in [2.75, 3.05) is 13.2 Å². The molecule has 0 aliphatic rings. The Labute approximate surface area is 106 Å². The van der Waals surface area contributed by atoms with E-state index in [1.165, 1.54) is 12.1 Å². The van der Waals surface area contributed by atoms with E-state index in [4.69, 9.17) is 28.3 Å². The lowest BCUT2D eigenvalue weighted by Gasteiger charge is -2.14. The molecule has 2 N–H and O–H groups in total. The van der Waals surface area contributed by atoms with Gasteiger partial charge in [-0.1, -0.05) is 23.2 Å². The summed E-state index contributed by atoms with van der Waals surface area (Å²) in [4.78, 5) is 15.0. The van der Waals surface area contributed by atoms with Crippen molar-refractivity contribution in [2.24, 2.45) is 0 Å². The quantitative estimate of drug-likeness (QED) is 0.828. The maximum atomic E-state index is 12.7. The van der Waals surface area contributed by atoms with Crippen LogP contribution in [0.3, 0.4) is 0 Å². The minimum Gasteiger partial charge on any atom is -0.390 e. The Kier molecular flexibility index (Phi) is 4.62. The van der Waals surface area contributed by atoms with Crippen molar-refractivity contribution in [2.45, 2.75) is 5.92 Å². The highest BCUT2D eigenvalue weighted by atomic mass is 35.5. The lowest BCUT2D eigenvalue weighted by atomic mass is 10.2. The summed E-state index contributed by atoms with van der Waals surface area (Å²) >= 11 is 11.1. The maximum Gasteiger partial charge on any atom is 0.287 e. The number of carbonyl (C=O) groups excluding carboxylic acids is 1. The molecular formula is C9H8Cl2F2N2O2. The minimum atomic E-state index is -3.37. The van der Waals surface area contributed by atoms with Crippen molar-refractivity contribution in [3.63, 3.8) is 0 Å². The maximum absolute atomic E-state index is 12.7. The average Bonchev–Trinajstić information content (AvgIpc) is 2.26. The van der Waals surface area contributed by atoms with Gasteiger partial charge in [0.15, 0.2) is 0 Å². The number of nitrogens with one attached hydrogen (secondary N) is 1. The summed E-state index contributed by atoms with van der Waals surface area (Å²) < 4.78 is 25.3. The van der Waals surface area contributed by atoms with Gasteiger partial charge in [0.1, 0.15) is 16.9 Å². The summed E-state index contributed by atoms with van der Waals surface area (Å²) in [5, 5.41) is 10.2. The Balaban J connectivity index is 2.71. The third-order valence-corrected chi connectivity index (χ3v) is 2.30. The molecule has 0 saturated carbocycles. The van der Waals surface area contributed by atoms with Gasteiger partial charge in [0.2, 0.25) is 0 Å². The smallest absolute Gasteiger partial charge is 0.287 e. The Morgan fingerprint density at radius 2 is 2.12 bits per heavy atom. The third-order valence-electron chi connectivity index (χ3n) is 1.80. The van der Waals surface area contributed by atoms with Crippen molar-refractivity contribution in [1.82, 2.24) is 10.3 Å². The standard InChI is InChI=1S/C9H8Cl2F2N2O2/c10-6-2-1-5(7(11)15-6)8(17)14-3-9(12,13)4-16/h1-2,16H,3-4H2,(H,14,17). The van der Waals surface area contributed by atoms with Crippen molar-refractivity contribution < 1.29 is 18.7 Å². The first-order chi connectivity index (χ1) is 7.85. The van der Waals surface area contributed by atoms with E-state index in [0.717, 1.165) is 0 Å². The molecule has 0 aromatic carbocycles. The summed E-state index contributed by atoms with van der Waals surface area (Å²) in [5.41, 5.74) is -0.0650. The second-order valence-electron chi connectivity index (χ2n) is 3.17. The summed E-state index contributed by atoms with van der Waals surface area (Å²) in [6.45, 7) is -2.33. The first-order valence-corrected chi connectivity index (χ1v) is 5.20. The highest BCUT2D eigenvalue weighted by molar-refractivity contribution is 6.34. The molecule has 0 aliphatic heterocycles. The van der Waals surface area contributed by atoms with E-state index in [9.17, 15) is 13.6 Å². The van der Waals surface area contributed by atoms with Crippen LogP contribution in [-0.4, -0.2) is 35.1 Å². The second kappa shape index (κ2) is 5.57. The monoisotopic (exact) mass is 284 g/mol. The Hall–Kier alpha value is -0.980. The number of aromatic nitrogens is 1. The predicted molar refractivity (Wildman–Crippen MR) is 58.6 cm³/mol. The molecule has 1 amide bonds. The lowest BCUT2D eigenvalue weighted by Crippen LogP contribution is -2.39. The minimum absolute atomic E-state index is 0.0650. The number of hydrogen-bond donors (Lipinski definition) is 2. The van der Waals surface area contributed by atoms with E-state index < -0.39 is 25.0 Å². The van der Waals surface area contributed by atoms with Crippen LogP contribution < -0.4 is 5.32 Å². The van der Waals surface area contributed by atoms with Crippen LogP contribution in [0.2, 0.25) is 10.3 Å². The van der Waals surface area contributed by atoms with Crippen LogP contribution in [0, 0.1) is 0 Å². The van der Waals surface area contributed by atoms with E-state index in [0.29, 0.717) is 0 Å². The molecule has 0 bridgehead atoms. The highest BCUT2D eigenvalue weighted by Gasteiger charge is 2.28. The molecule has 0 atom stereocenters. The molecule has 0 spiro atoms. The summed E-state index contributed by atoms with van der Waals surface area (Å²) in [6, 6.07) is 2.58. The fraction of sp³-hybridized carbons (Fsp3) is 0.333. The van der Waals surface area contributed by atoms with Gasteiger partial charge >= 0.3 is 0 Å². The zero-order chi connectivity index (χ0) is 13.1. The molecule has 17 heavy (non-hydrogen) atoms. The first kappa shape index (κ1) is 14.1. The molecular weight excluding hydrogens is 277 g/mol. The molecule has 4 nitrogen and oxygen atoms in total. The number of halogens is 4. The SMILES string of the molecule is O=C(NCC(F)(F)CO)c1ccc(Cl)nc1Cl. The van der Waals surface area contributed by atoms with E-state index in [1.807, 2.05) is 5.32 Å². The van der Waals surface area contributed by atoms with Gasteiger partial charge in [-0.25, -0.2) is 13.8 Å². The van der Waals surface area contributed by atoms with Crippen LogP contribution >= 0.6 is 23.2 Å². The average molecular weight is 285 g/mol. The van der Waals surface area contributed by atoms with Crippen LogP contribution in [0.25, 0.3) is 0 Å². The van der Waals surface area contributed by atoms with Crippen molar-refractivity contribution in [1.29, 1.82) is 0 Å². The largest absolute Gasteiger partial charge is 0.390 e. The molecule has 94 valence electrons. The summed E-state index contributed by atoms with van der Waals surface area (Å²) in [7, 11) is 0. The van der Waals surface area contributed by atoms with Gasteiger partial charge in [-0.3, -0.25) is 4.79 Å². The fourth-order valence-electron chi connectivity index (χ4n) is 0.942. The van der Waals surface area contributed by atoms with Crippen molar-refractivity contribution in [3.8, 4) is 0 Å². The summed E-state index contributed by atoms with van der Waals surface area (Å²) in [6.07, 6.45) is 0. The second-order valence-corrected chi connectivity index (χ2v) is 3.91. The van der Waals surface area contributed by atoms with E-state index in [1.54, 1.807) is 0 Å². The van der Waals surface area contributed by atoms with E-state index >= 15 is 0 Å². The normalized spacial score (nSPS) is 11.4. The van der Waals surface area contributed by atoms with Gasteiger partial charge in [-0.2, -0.15) is 0 Å². The Morgan fingerprint density at radius 1 is 1.47 bits per heavy atom. The fourth-order valence-corrected chi connectivity index (χ4v) is 1.37. The van der Waals surface area contributed by atoms with Crippen LogP contribution in [0.5, 0.6) is 0 Å². The van der Waals surface area contributed by atoms with Crippen molar-refractivity contribution >= 4 is 29.1 Å². The molecule has 0 aliphatic carbocycles. The van der Waals surface area contributed by atoms with E-state index in [2.05, 4.69) is 4.98 Å². The molecule has 1 aromatic rings. The molecule has 8 heteroatoms. The molecule has 1 heterocycles. The van der Waals surface area contributed by atoms with Gasteiger partial charge in [-0.05, 0) is 12.1 Å². The van der Waals surface area contributed by atoms with Gasteiger partial charge < -0.3 is 10.4 Å². The molecule has 0 radical (unpaired) electrons. The first-order valence-electron chi connectivity index (χ1n) is 4.44. The lowest BCUT2D eigenvalue weighted by molar-refractivity contribution is -0.0462.